The van der Waals surface area contributed by atoms with Gasteiger partial charge in [0.1, 0.15) is 0 Å². The second-order valence-corrected chi connectivity index (χ2v) is 7.81. The zero-order valence-electron chi connectivity index (χ0n) is 13.8. The van der Waals surface area contributed by atoms with Gasteiger partial charge in [0.15, 0.2) is 0 Å². The summed E-state index contributed by atoms with van der Waals surface area (Å²) in [4.78, 5) is 1.49. The highest BCUT2D eigenvalue weighted by Crippen LogP contribution is 2.25. The van der Waals surface area contributed by atoms with Crippen LogP contribution in [-0.4, -0.2) is 12.6 Å². The lowest BCUT2D eigenvalue weighted by Crippen LogP contribution is -2.31. The van der Waals surface area contributed by atoms with Crippen molar-refractivity contribution in [2.24, 2.45) is 0 Å². The van der Waals surface area contributed by atoms with Gasteiger partial charge in [0, 0.05) is 15.4 Å². The van der Waals surface area contributed by atoms with Crippen molar-refractivity contribution in [2.75, 3.05) is 6.54 Å². The van der Waals surface area contributed by atoms with Crippen molar-refractivity contribution in [1.82, 2.24) is 5.32 Å². The molecule has 1 N–H and O–H groups in total. The average Bonchev–Trinajstić information content (AvgIpc) is 2.88. The fourth-order valence-electron chi connectivity index (χ4n) is 2.67. The number of unbranched alkanes of at least 4 members (excludes halogenated alkanes) is 6. The smallest absolute Gasteiger partial charge is 0.0314 e. The number of hydrogen-bond donors (Lipinski definition) is 1. The van der Waals surface area contributed by atoms with Gasteiger partial charge in [-0.25, -0.2) is 0 Å². The highest BCUT2D eigenvalue weighted by atomic mass is 79.9. The molecule has 0 aromatic carbocycles. The number of thiophene rings is 1. The third kappa shape index (κ3) is 9.00. The second-order valence-electron chi connectivity index (χ2n) is 5.96. The van der Waals surface area contributed by atoms with Crippen LogP contribution in [0.5, 0.6) is 0 Å². The van der Waals surface area contributed by atoms with E-state index in [0.717, 1.165) is 6.54 Å². The fourth-order valence-corrected chi connectivity index (χ4v) is 4.26. The zero-order valence-corrected chi connectivity index (χ0v) is 16.2. The molecule has 0 radical (unpaired) electrons. The van der Waals surface area contributed by atoms with Crippen LogP contribution >= 0.6 is 27.3 Å². The maximum atomic E-state index is 3.73. The predicted molar refractivity (Wildman–Crippen MR) is 100 cm³/mol. The molecule has 1 rings (SSSR count). The summed E-state index contributed by atoms with van der Waals surface area (Å²) in [6.07, 6.45) is 13.5. The van der Waals surface area contributed by atoms with E-state index in [1.807, 2.05) is 11.3 Å². The first-order valence-corrected chi connectivity index (χ1v) is 10.4. The summed E-state index contributed by atoms with van der Waals surface area (Å²) >= 11 is 5.54. The Kier molecular flexibility index (Phi) is 11.6. The van der Waals surface area contributed by atoms with Gasteiger partial charge in [0.05, 0.1) is 0 Å². The molecule has 1 heterocycles. The molecule has 21 heavy (non-hydrogen) atoms. The summed E-state index contributed by atoms with van der Waals surface area (Å²) in [5.41, 5.74) is 0. The van der Waals surface area contributed by atoms with E-state index >= 15 is 0 Å². The molecule has 3 heteroatoms. The lowest BCUT2D eigenvalue weighted by Gasteiger charge is -2.18. The van der Waals surface area contributed by atoms with Crippen molar-refractivity contribution in [1.29, 1.82) is 0 Å². The number of halogens is 1. The minimum atomic E-state index is 0.649. The Hall–Kier alpha value is 0.140. The van der Waals surface area contributed by atoms with Gasteiger partial charge in [-0.2, -0.15) is 0 Å². The largest absolute Gasteiger partial charge is 0.314 e. The molecule has 122 valence electrons. The zero-order chi connectivity index (χ0) is 15.3. The lowest BCUT2D eigenvalue weighted by atomic mass is 10.0. The van der Waals surface area contributed by atoms with Gasteiger partial charge < -0.3 is 5.32 Å². The summed E-state index contributed by atoms with van der Waals surface area (Å²) in [5.74, 6) is 0. The summed E-state index contributed by atoms with van der Waals surface area (Å²) in [5, 5.41) is 5.92. The van der Waals surface area contributed by atoms with Crippen LogP contribution in [0.3, 0.4) is 0 Å². The normalized spacial score (nSPS) is 12.7. The third-order valence-corrected chi connectivity index (χ3v) is 5.91. The standard InChI is InChI=1S/C18H32BrNS/c1-3-5-6-7-8-9-10-11-16(20-13-4-2)15-18-17(19)12-14-21-18/h12,14,16,20H,3-11,13,15H2,1-2H3. The van der Waals surface area contributed by atoms with Gasteiger partial charge in [-0.15, -0.1) is 11.3 Å². The molecule has 1 aromatic heterocycles. The molecular formula is C18H32BrNS. The first-order valence-electron chi connectivity index (χ1n) is 8.73. The van der Waals surface area contributed by atoms with Crippen molar-refractivity contribution < 1.29 is 0 Å². The molecule has 0 fully saturated rings. The molecule has 0 amide bonds. The Morgan fingerprint density at radius 2 is 1.76 bits per heavy atom. The topological polar surface area (TPSA) is 12.0 Å². The highest BCUT2D eigenvalue weighted by Gasteiger charge is 2.11. The number of rotatable bonds is 13. The molecule has 1 aromatic rings. The van der Waals surface area contributed by atoms with Crippen molar-refractivity contribution in [3.05, 3.63) is 20.8 Å². The number of nitrogens with one attached hydrogen (secondary N) is 1. The number of hydrogen-bond acceptors (Lipinski definition) is 2. The molecule has 1 unspecified atom stereocenters. The first kappa shape index (κ1) is 19.2. The Labute approximate surface area is 144 Å². The summed E-state index contributed by atoms with van der Waals surface area (Å²) in [7, 11) is 0. The summed E-state index contributed by atoms with van der Waals surface area (Å²) in [6.45, 7) is 5.68. The maximum Gasteiger partial charge on any atom is 0.0314 e. The fraction of sp³-hybridized carbons (Fsp3) is 0.778. The molecule has 0 aliphatic rings. The molecule has 0 saturated heterocycles. The molecule has 1 atom stereocenters. The van der Waals surface area contributed by atoms with E-state index in [2.05, 4.69) is 46.5 Å². The quantitative estimate of drug-likeness (QED) is 0.385. The molecule has 0 bridgehead atoms. The van der Waals surface area contributed by atoms with Crippen molar-refractivity contribution in [3.8, 4) is 0 Å². The van der Waals surface area contributed by atoms with Crippen molar-refractivity contribution >= 4 is 27.3 Å². The lowest BCUT2D eigenvalue weighted by molar-refractivity contribution is 0.451. The van der Waals surface area contributed by atoms with E-state index in [0.29, 0.717) is 6.04 Å². The van der Waals surface area contributed by atoms with E-state index in [9.17, 15) is 0 Å². The monoisotopic (exact) mass is 373 g/mol. The molecule has 0 saturated carbocycles. The predicted octanol–water partition coefficient (Wildman–Crippen LogP) is 6.56. The van der Waals surface area contributed by atoms with Crippen molar-refractivity contribution in [2.45, 2.75) is 84.1 Å². The molecule has 0 aliphatic carbocycles. The van der Waals surface area contributed by atoms with Crippen LogP contribution in [0.2, 0.25) is 0 Å². The van der Waals surface area contributed by atoms with Gasteiger partial charge in [-0.1, -0.05) is 58.8 Å². The van der Waals surface area contributed by atoms with Crippen LogP contribution in [0.25, 0.3) is 0 Å². The summed E-state index contributed by atoms with van der Waals surface area (Å²) in [6, 6.07) is 2.82. The van der Waals surface area contributed by atoms with Crippen LogP contribution < -0.4 is 5.32 Å². The van der Waals surface area contributed by atoms with E-state index in [4.69, 9.17) is 0 Å². The minimum absolute atomic E-state index is 0.649. The SMILES string of the molecule is CCCCCCCCCC(Cc1sccc1Br)NCCC. The van der Waals surface area contributed by atoms with E-state index in [-0.39, 0.29) is 0 Å². The second kappa shape index (κ2) is 12.7. The van der Waals surface area contributed by atoms with E-state index in [1.165, 1.54) is 73.6 Å². The van der Waals surface area contributed by atoms with Crippen LogP contribution in [0.1, 0.15) is 76.5 Å². The third-order valence-electron chi connectivity index (χ3n) is 3.96. The summed E-state index contributed by atoms with van der Waals surface area (Å²) < 4.78 is 1.29. The minimum Gasteiger partial charge on any atom is -0.314 e. The first-order chi connectivity index (χ1) is 10.3. The van der Waals surface area contributed by atoms with Crippen LogP contribution in [-0.2, 0) is 6.42 Å². The van der Waals surface area contributed by atoms with Gasteiger partial charge in [-0.05, 0) is 53.2 Å². The highest BCUT2D eigenvalue weighted by molar-refractivity contribution is 9.10. The average molecular weight is 374 g/mol. The van der Waals surface area contributed by atoms with Crippen LogP contribution in [0.4, 0.5) is 0 Å². The van der Waals surface area contributed by atoms with Gasteiger partial charge in [0.25, 0.3) is 0 Å². The van der Waals surface area contributed by atoms with Gasteiger partial charge >= 0.3 is 0 Å². The Morgan fingerprint density at radius 1 is 1.05 bits per heavy atom. The van der Waals surface area contributed by atoms with E-state index < -0.39 is 0 Å². The van der Waals surface area contributed by atoms with Crippen LogP contribution in [0, 0.1) is 0 Å². The van der Waals surface area contributed by atoms with Crippen LogP contribution in [0.15, 0.2) is 15.9 Å². The molecule has 1 nitrogen and oxygen atoms in total. The Bertz CT molecular complexity index is 351. The van der Waals surface area contributed by atoms with Gasteiger partial charge in [0.2, 0.25) is 0 Å². The molecular weight excluding hydrogens is 342 g/mol. The van der Waals surface area contributed by atoms with E-state index in [1.54, 1.807) is 0 Å². The Morgan fingerprint density at radius 3 is 2.38 bits per heavy atom. The maximum absolute atomic E-state index is 3.73. The van der Waals surface area contributed by atoms with Crippen molar-refractivity contribution in [3.63, 3.8) is 0 Å². The Balaban J connectivity index is 2.22. The van der Waals surface area contributed by atoms with Gasteiger partial charge in [-0.3, -0.25) is 0 Å². The molecule has 0 aliphatic heterocycles. The molecule has 0 spiro atoms.